The number of methoxy groups -OCH3 is 1. The first kappa shape index (κ1) is 26.4. The molecule has 0 aromatic heterocycles. The second-order valence-electron chi connectivity index (χ2n) is 7.67. The van der Waals surface area contributed by atoms with E-state index in [0.29, 0.717) is 36.8 Å². The molecule has 0 aliphatic heterocycles. The fourth-order valence-corrected chi connectivity index (χ4v) is 5.40. The highest BCUT2D eigenvalue weighted by molar-refractivity contribution is 7.99. The zero-order chi connectivity index (χ0) is 25.1. The summed E-state index contributed by atoms with van der Waals surface area (Å²) in [6.45, 7) is 0.839. The molecular weight excluding hydrogens is 484 g/mol. The van der Waals surface area contributed by atoms with Gasteiger partial charge in [0.2, 0.25) is 15.9 Å². The van der Waals surface area contributed by atoms with E-state index in [1.165, 1.54) is 22.3 Å². The number of para-hydroxylation sites is 3. The molecule has 35 heavy (non-hydrogen) atoms. The van der Waals surface area contributed by atoms with Crippen LogP contribution in [0.15, 0.2) is 88.7 Å². The van der Waals surface area contributed by atoms with Crippen LogP contribution >= 0.6 is 11.8 Å². The molecule has 0 spiro atoms. The first-order chi connectivity index (χ1) is 16.9. The van der Waals surface area contributed by atoms with Crippen LogP contribution in [-0.2, 0) is 14.8 Å². The molecule has 0 bridgehead atoms. The van der Waals surface area contributed by atoms with Gasteiger partial charge in [0, 0.05) is 22.8 Å². The Bertz CT molecular complexity index is 1200. The highest BCUT2D eigenvalue weighted by atomic mass is 32.2. The number of hydrogen-bond acceptors (Lipinski definition) is 6. The van der Waals surface area contributed by atoms with Gasteiger partial charge in [-0.3, -0.25) is 9.10 Å². The summed E-state index contributed by atoms with van der Waals surface area (Å²) >= 11 is 1.50. The summed E-state index contributed by atoms with van der Waals surface area (Å²) in [6.07, 6.45) is 1.78. The van der Waals surface area contributed by atoms with Gasteiger partial charge in [0.25, 0.3) is 0 Å². The molecule has 3 aromatic rings. The van der Waals surface area contributed by atoms with E-state index in [9.17, 15) is 13.2 Å². The number of amides is 1. The van der Waals surface area contributed by atoms with Crippen molar-refractivity contribution in [2.45, 2.75) is 22.6 Å². The number of carbonyl (C=O) groups is 1. The number of anilines is 1. The van der Waals surface area contributed by atoms with Crippen LogP contribution in [0.4, 0.5) is 5.69 Å². The minimum atomic E-state index is -3.53. The molecule has 0 saturated heterocycles. The molecule has 1 N–H and O–H groups in total. The van der Waals surface area contributed by atoms with Crippen LogP contribution < -0.4 is 19.1 Å². The molecule has 0 radical (unpaired) electrons. The van der Waals surface area contributed by atoms with Crippen LogP contribution in [0.5, 0.6) is 11.5 Å². The van der Waals surface area contributed by atoms with Gasteiger partial charge in [-0.25, -0.2) is 8.42 Å². The summed E-state index contributed by atoms with van der Waals surface area (Å²) in [4.78, 5) is 14.1. The summed E-state index contributed by atoms with van der Waals surface area (Å²) in [5.41, 5.74) is 0.606. The van der Waals surface area contributed by atoms with Gasteiger partial charge in [0.05, 0.1) is 25.6 Å². The van der Waals surface area contributed by atoms with E-state index in [2.05, 4.69) is 5.32 Å². The van der Waals surface area contributed by atoms with Crippen LogP contribution in [0.2, 0.25) is 0 Å². The van der Waals surface area contributed by atoms with Gasteiger partial charge in [-0.2, -0.15) is 0 Å². The fourth-order valence-electron chi connectivity index (χ4n) is 3.39. The first-order valence-corrected chi connectivity index (χ1v) is 13.9. The molecule has 0 heterocycles. The number of hydrogen-bond donors (Lipinski definition) is 1. The lowest BCUT2D eigenvalue weighted by Crippen LogP contribution is -2.33. The summed E-state index contributed by atoms with van der Waals surface area (Å²) in [7, 11) is -1.96. The Morgan fingerprint density at radius 1 is 0.943 bits per heavy atom. The van der Waals surface area contributed by atoms with Gasteiger partial charge in [-0.1, -0.05) is 54.2 Å². The normalized spacial score (nSPS) is 11.0. The second kappa shape index (κ2) is 13.1. The van der Waals surface area contributed by atoms with Crippen molar-refractivity contribution in [1.29, 1.82) is 0 Å². The molecule has 0 fully saturated rings. The Kier molecular flexibility index (Phi) is 9.86. The van der Waals surface area contributed by atoms with Crippen molar-refractivity contribution in [3.63, 3.8) is 0 Å². The van der Waals surface area contributed by atoms with Crippen molar-refractivity contribution in [1.82, 2.24) is 5.32 Å². The number of rotatable bonds is 13. The molecule has 3 aromatic carbocycles. The molecule has 0 aliphatic rings. The molecular formula is C26H30N2O5S2. The van der Waals surface area contributed by atoms with Gasteiger partial charge in [0.1, 0.15) is 6.61 Å². The highest BCUT2D eigenvalue weighted by Crippen LogP contribution is 2.36. The minimum Gasteiger partial charge on any atom is -0.493 e. The van der Waals surface area contributed by atoms with Crippen molar-refractivity contribution < 1.29 is 22.7 Å². The first-order valence-electron chi connectivity index (χ1n) is 11.2. The number of sulfonamides is 1. The Morgan fingerprint density at radius 2 is 1.60 bits per heavy atom. The lowest BCUT2D eigenvalue weighted by molar-refractivity contribution is -0.121. The third kappa shape index (κ3) is 8.22. The SMILES string of the molecule is COc1ccccc1OCCNC(=O)CCCN(c1ccccc1Sc1ccccc1)S(C)(=O)=O. The van der Waals surface area contributed by atoms with Gasteiger partial charge in [-0.15, -0.1) is 0 Å². The Hall–Kier alpha value is -3.17. The quantitative estimate of drug-likeness (QED) is 0.336. The molecule has 0 aliphatic carbocycles. The average Bonchev–Trinajstić information content (AvgIpc) is 2.85. The second-order valence-corrected chi connectivity index (χ2v) is 10.7. The maximum absolute atomic E-state index is 12.6. The molecule has 7 nitrogen and oxygen atoms in total. The van der Waals surface area contributed by atoms with E-state index in [0.717, 1.165) is 9.79 Å². The van der Waals surface area contributed by atoms with Crippen LogP contribution in [0.3, 0.4) is 0 Å². The summed E-state index contributed by atoms with van der Waals surface area (Å²) < 4.78 is 37.5. The standard InChI is InChI=1S/C26H30N2O5S2/c1-32-23-14-7-8-15-24(23)33-20-18-27-26(29)17-10-19-28(35(2,30)31)22-13-6-9-16-25(22)34-21-11-4-3-5-12-21/h3-9,11-16H,10,17-20H2,1-2H3,(H,27,29). The van der Waals surface area contributed by atoms with E-state index in [1.54, 1.807) is 25.3 Å². The molecule has 9 heteroatoms. The maximum atomic E-state index is 12.6. The van der Waals surface area contributed by atoms with Crippen LogP contribution in [0.25, 0.3) is 0 Å². The number of carbonyl (C=O) groups excluding carboxylic acids is 1. The monoisotopic (exact) mass is 514 g/mol. The molecule has 186 valence electrons. The van der Waals surface area contributed by atoms with E-state index >= 15 is 0 Å². The van der Waals surface area contributed by atoms with Crippen LogP contribution in [0, 0.1) is 0 Å². The van der Waals surface area contributed by atoms with Crippen molar-refractivity contribution >= 4 is 33.4 Å². The third-order valence-corrected chi connectivity index (χ3v) is 7.27. The summed E-state index contributed by atoms with van der Waals surface area (Å²) in [5.74, 6) is 1.08. The number of benzene rings is 3. The van der Waals surface area contributed by atoms with Crippen molar-refractivity contribution in [3.05, 3.63) is 78.9 Å². The Labute approximate surface area is 211 Å². The highest BCUT2D eigenvalue weighted by Gasteiger charge is 2.21. The molecule has 3 rings (SSSR count). The number of nitrogens with zero attached hydrogens (tertiary/aromatic N) is 1. The Balaban J connectivity index is 1.53. The van der Waals surface area contributed by atoms with Gasteiger partial charge >= 0.3 is 0 Å². The van der Waals surface area contributed by atoms with Crippen molar-refractivity contribution in [3.8, 4) is 11.5 Å². The van der Waals surface area contributed by atoms with E-state index in [-0.39, 0.29) is 18.9 Å². The molecule has 0 unspecified atom stereocenters. The zero-order valence-electron chi connectivity index (χ0n) is 19.8. The smallest absolute Gasteiger partial charge is 0.232 e. The average molecular weight is 515 g/mol. The third-order valence-electron chi connectivity index (χ3n) is 5.02. The lowest BCUT2D eigenvalue weighted by Gasteiger charge is -2.24. The van der Waals surface area contributed by atoms with Gasteiger partial charge < -0.3 is 14.8 Å². The van der Waals surface area contributed by atoms with E-state index in [1.807, 2.05) is 60.7 Å². The number of nitrogens with one attached hydrogen (secondary N) is 1. The van der Waals surface area contributed by atoms with Crippen molar-refractivity contribution in [2.24, 2.45) is 0 Å². The van der Waals surface area contributed by atoms with Gasteiger partial charge in [0.15, 0.2) is 11.5 Å². The largest absolute Gasteiger partial charge is 0.493 e. The molecule has 0 atom stereocenters. The fraction of sp³-hybridized carbons (Fsp3) is 0.269. The van der Waals surface area contributed by atoms with Crippen molar-refractivity contribution in [2.75, 3.05) is 37.4 Å². The maximum Gasteiger partial charge on any atom is 0.232 e. The van der Waals surface area contributed by atoms with Crippen LogP contribution in [-0.4, -0.2) is 47.4 Å². The summed E-state index contributed by atoms with van der Waals surface area (Å²) in [5, 5.41) is 2.81. The van der Waals surface area contributed by atoms with E-state index < -0.39 is 10.0 Å². The van der Waals surface area contributed by atoms with E-state index in [4.69, 9.17) is 9.47 Å². The van der Waals surface area contributed by atoms with Gasteiger partial charge in [-0.05, 0) is 42.8 Å². The minimum absolute atomic E-state index is 0.158. The topological polar surface area (TPSA) is 84.9 Å². The number of ether oxygens (including phenoxy) is 2. The van der Waals surface area contributed by atoms with Crippen LogP contribution in [0.1, 0.15) is 12.8 Å². The molecule has 1 amide bonds. The predicted octanol–water partition coefficient (Wildman–Crippen LogP) is 4.59. The summed E-state index contributed by atoms with van der Waals surface area (Å²) in [6, 6.07) is 24.5. The predicted molar refractivity (Wildman–Crippen MR) is 140 cm³/mol. The Morgan fingerprint density at radius 3 is 2.31 bits per heavy atom. The lowest BCUT2D eigenvalue weighted by atomic mass is 10.2. The molecule has 0 saturated carbocycles. The zero-order valence-corrected chi connectivity index (χ0v) is 21.5.